The molecule has 2 aliphatic heterocycles. The van der Waals surface area contributed by atoms with E-state index in [0.717, 1.165) is 30.4 Å². The summed E-state index contributed by atoms with van der Waals surface area (Å²) < 4.78 is 2.03. The van der Waals surface area contributed by atoms with Crippen LogP contribution in [0.5, 0.6) is 0 Å². The van der Waals surface area contributed by atoms with Gasteiger partial charge >= 0.3 is 0 Å². The monoisotopic (exact) mass is 413 g/mol. The van der Waals surface area contributed by atoms with E-state index in [1.165, 1.54) is 0 Å². The van der Waals surface area contributed by atoms with Gasteiger partial charge in [-0.2, -0.15) is 0 Å². The Bertz CT molecular complexity index is 897. The molecule has 2 aromatic heterocycles. The minimum absolute atomic E-state index is 0.0512. The van der Waals surface area contributed by atoms with Crippen LogP contribution in [0.2, 0.25) is 0 Å². The first-order chi connectivity index (χ1) is 14.5. The number of likely N-dealkylation sites (tertiary alicyclic amines) is 1. The third-order valence-corrected chi connectivity index (χ3v) is 6.41. The highest BCUT2D eigenvalue weighted by Crippen LogP contribution is 2.26. The molecule has 162 valence electrons. The van der Waals surface area contributed by atoms with E-state index in [-0.39, 0.29) is 17.7 Å². The maximum absolute atomic E-state index is 12.8. The number of amides is 2. The van der Waals surface area contributed by atoms with E-state index in [1.807, 2.05) is 29.0 Å². The second kappa shape index (κ2) is 8.73. The SMILES string of the molecule is CC(NC(=O)C1CCCNC1)C(=O)N1CCC(O)(Cn2ccc3ncccc32)CC1. The van der Waals surface area contributed by atoms with E-state index in [2.05, 4.69) is 15.6 Å². The van der Waals surface area contributed by atoms with Crippen LogP contribution in [0.1, 0.15) is 32.6 Å². The average molecular weight is 414 g/mol. The fraction of sp³-hybridized carbons (Fsp3) is 0.591. The van der Waals surface area contributed by atoms with Crippen molar-refractivity contribution in [1.82, 2.24) is 25.1 Å². The van der Waals surface area contributed by atoms with Crippen molar-refractivity contribution in [2.24, 2.45) is 5.92 Å². The fourth-order valence-corrected chi connectivity index (χ4v) is 4.52. The molecule has 2 atom stereocenters. The maximum Gasteiger partial charge on any atom is 0.244 e. The Kier molecular flexibility index (Phi) is 6.06. The number of carbonyl (C=O) groups excluding carboxylic acids is 2. The molecular formula is C22H31N5O3. The van der Waals surface area contributed by atoms with E-state index < -0.39 is 11.6 Å². The molecule has 2 aliphatic rings. The average Bonchev–Trinajstić information content (AvgIpc) is 3.16. The Balaban J connectivity index is 1.30. The van der Waals surface area contributed by atoms with E-state index in [0.29, 0.717) is 39.0 Å². The van der Waals surface area contributed by atoms with Crippen LogP contribution in [0.3, 0.4) is 0 Å². The lowest BCUT2D eigenvalue weighted by atomic mass is 9.91. The molecule has 2 amide bonds. The Hall–Kier alpha value is -2.45. The summed E-state index contributed by atoms with van der Waals surface area (Å²) in [5, 5.41) is 17.2. The van der Waals surface area contributed by atoms with Gasteiger partial charge in [-0.3, -0.25) is 14.6 Å². The zero-order chi connectivity index (χ0) is 21.1. The van der Waals surface area contributed by atoms with Gasteiger partial charge in [-0.05, 0) is 57.4 Å². The standard InChI is InChI=1S/C22H31N5O3/c1-16(25-20(28)17-4-2-9-23-14-17)21(29)26-12-7-22(30,8-13-26)15-27-11-6-18-19(27)5-3-10-24-18/h3,5-6,10-11,16-17,23,30H,2,4,7-9,12-15H2,1H3,(H,25,28). The van der Waals surface area contributed by atoms with Crippen LogP contribution < -0.4 is 10.6 Å². The van der Waals surface area contributed by atoms with Gasteiger partial charge in [0, 0.05) is 32.0 Å². The number of carbonyl (C=O) groups is 2. The number of aromatic nitrogens is 2. The van der Waals surface area contributed by atoms with E-state index in [9.17, 15) is 14.7 Å². The molecule has 8 nitrogen and oxygen atoms in total. The molecule has 4 rings (SSSR count). The normalized spacial score (nSPS) is 22.6. The zero-order valence-corrected chi connectivity index (χ0v) is 17.5. The number of rotatable bonds is 5. The van der Waals surface area contributed by atoms with Crippen LogP contribution in [0.4, 0.5) is 0 Å². The van der Waals surface area contributed by atoms with Gasteiger partial charge in [0.25, 0.3) is 0 Å². The van der Waals surface area contributed by atoms with Crippen molar-refractivity contribution < 1.29 is 14.7 Å². The van der Waals surface area contributed by atoms with Crippen LogP contribution in [-0.2, 0) is 16.1 Å². The first-order valence-corrected chi connectivity index (χ1v) is 10.9. The molecule has 0 spiro atoms. The number of hydrogen-bond donors (Lipinski definition) is 3. The van der Waals surface area contributed by atoms with Gasteiger partial charge in [0.15, 0.2) is 0 Å². The highest BCUT2D eigenvalue weighted by molar-refractivity contribution is 5.88. The summed E-state index contributed by atoms with van der Waals surface area (Å²) in [6.07, 6.45) is 6.57. The smallest absolute Gasteiger partial charge is 0.244 e. The molecule has 3 N–H and O–H groups in total. The third kappa shape index (κ3) is 4.49. The van der Waals surface area contributed by atoms with Gasteiger partial charge in [0.2, 0.25) is 11.8 Å². The fourth-order valence-electron chi connectivity index (χ4n) is 4.52. The lowest BCUT2D eigenvalue weighted by Crippen LogP contribution is -2.54. The zero-order valence-electron chi connectivity index (χ0n) is 17.5. The number of aliphatic hydroxyl groups is 1. The van der Waals surface area contributed by atoms with Crippen LogP contribution in [-0.4, -0.2) is 69.2 Å². The molecule has 0 aliphatic carbocycles. The van der Waals surface area contributed by atoms with Crippen molar-refractivity contribution in [3.05, 3.63) is 30.6 Å². The topological polar surface area (TPSA) is 99.5 Å². The summed E-state index contributed by atoms with van der Waals surface area (Å²) in [4.78, 5) is 31.3. The summed E-state index contributed by atoms with van der Waals surface area (Å²) in [6.45, 7) is 4.81. The van der Waals surface area contributed by atoms with Crippen molar-refractivity contribution >= 4 is 22.8 Å². The Labute approximate surface area is 176 Å². The molecule has 4 heterocycles. The van der Waals surface area contributed by atoms with Crippen molar-refractivity contribution in [1.29, 1.82) is 0 Å². The Morgan fingerprint density at radius 2 is 2.17 bits per heavy atom. The largest absolute Gasteiger partial charge is 0.388 e. The van der Waals surface area contributed by atoms with Gasteiger partial charge in [0.1, 0.15) is 6.04 Å². The van der Waals surface area contributed by atoms with Crippen molar-refractivity contribution in [3.63, 3.8) is 0 Å². The van der Waals surface area contributed by atoms with Crippen LogP contribution in [0, 0.1) is 5.92 Å². The minimum Gasteiger partial charge on any atom is -0.388 e. The Morgan fingerprint density at radius 3 is 2.90 bits per heavy atom. The first kappa shape index (κ1) is 20.8. The van der Waals surface area contributed by atoms with E-state index in [1.54, 1.807) is 18.0 Å². The predicted molar refractivity (Wildman–Crippen MR) is 114 cm³/mol. The van der Waals surface area contributed by atoms with Crippen LogP contribution in [0.25, 0.3) is 11.0 Å². The number of piperidine rings is 2. The highest BCUT2D eigenvalue weighted by atomic mass is 16.3. The molecule has 0 saturated carbocycles. The van der Waals surface area contributed by atoms with Crippen molar-refractivity contribution in [2.75, 3.05) is 26.2 Å². The molecule has 8 heteroatoms. The quantitative estimate of drug-likeness (QED) is 0.676. The van der Waals surface area contributed by atoms with Crippen LogP contribution >= 0.6 is 0 Å². The first-order valence-electron chi connectivity index (χ1n) is 10.9. The van der Waals surface area contributed by atoms with Gasteiger partial charge in [-0.15, -0.1) is 0 Å². The number of pyridine rings is 1. The number of fused-ring (bicyclic) bond motifs is 1. The molecule has 2 unspecified atom stereocenters. The molecule has 30 heavy (non-hydrogen) atoms. The molecule has 2 aromatic rings. The molecule has 2 saturated heterocycles. The van der Waals surface area contributed by atoms with Gasteiger partial charge < -0.3 is 25.2 Å². The summed E-state index contributed by atoms with van der Waals surface area (Å²) in [7, 11) is 0. The highest BCUT2D eigenvalue weighted by Gasteiger charge is 2.36. The van der Waals surface area contributed by atoms with Gasteiger partial charge in [-0.25, -0.2) is 0 Å². The second-order valence-electron chi connectivity index (χ2n) is 8.67. The van der Waals surface area contributed by atoms with Gasteiger partial charge in [0.05, 0.1) is 29.1 Å². The van der Waals surface area contributed by atoms with Gasteiger partial charge in [-0.1, -0.05) is 0 Å². The van der Waals surface area contributed by atoms with E-state index >= 15 is 0 Å². The number of nitrogens with one attached hydrogen (secondary N) is 2. The third-order valence-electron chi connectivity index (χ3n) is 6.41. The number of nitrogens with zero attached hydrogens (tertiary/aromatic N) is 3. The molecule has 0 aromatic carbocycles. The Morgan fingerprint density at radius 1 is 1.37 bits per heavy atom. The molecule has 0 bridgehead atoms. The molecule has 2 fully saturated rings. The minimum atomic E-state index is -0.862. The lowest BCUT2D eigenvalue weighted by Gasteiger charge is -2.39. The maximum atomic E-state index is 12.8. The summed E-state index contributed by atoms with van der Waals surface area (Å²) in [6, 6.07) is 5.29. The summed E-state index contributed by atoms with van der Waals surface area (Å²) in [5.74, 6) is -0.194. The van der Waals surface area contributed by atoms with Crippen molar-refractivity contribution in [2.45, 2.75) is 50.8 Å². The van der Waals surface area contributed by atoms with Crippen LogP contribution in [0.15, 0.2) is 30.6 Å². The number of hydrogen-bond acceptors (Lipinski definition) is 5. The second-order valence-corrected chi connectivity index (χ2v) is 8.67. The summed E-state index contributed by atoms with van der Waals surface area (Å²) in [5.41, 5.74) is 1.04. The molecule has 0 radical (unpaired) electrons. The van der Waals surface area contributed by atoms with Crippen molar-refractivity contribution in [3.8, 4) is 0 Å². The molecular weight excluding hydrogens is 382 g/mol. The van der Waals surface area contributed by atoms with E-state index in [4.69, 9.17) is 0 Å². The summed E-state index contributed by atoms with van der Waals surface area (Å²) >= 11 is 0. The lowest BCUT2D eigenvalue weighted by molar-refractivity contribution is -0.140. The predicted octanol–water partition coefficient (Wildman–Crippen LogP) is 0.894.